The normalized spacial score (nSPS) is 24.2. The molecule has 4 aromatic rings. The maximum absolute atomic E-state index is 12.5. The number of carbonyl (C=O) groups excluding carboxylic acids is 2. The maximum atomic E-state index is 12.5. The van der Waals surface area contributed by atoms with Crippen molar-refractivity contribution in [3.63, 3.8) is 0 Å². The lowest BCUT2D eigenvalue weighted by Crippen LogP contribution is -2.50. The number of fused-ring (bicyclic) bond motifs is 2. The van der Waals surface area contributed by atoms with Gasteiger partial charge in [-0.15, -0.1) is 0 Å². The van der Waals surface area contributed by atoms with Crippen molar-refractivity contribution in [2.45, 2.75) is 69.5 Å². The molecule has 1 aliphatic carbocycles. The molecule has 274 valence electrons. The monoisotopic (exact) mass is 709 g/mol. The number of carbonyl (C=O) groups is 2. The standard InChI is InChI=1S/C45H51N5O3/c51-39-13-15-41-34(27-39)9-14-40(32-4-2-1-3-5-32)44(41)33-6-10-37(11-7-33)48-20-18-31(19-21-48)28-47-22-24-49(25-23-47)38-12-8-35-29-50(30-36(35)26-38)42-16-17-43(52)46-45(42)53/h1-8,10-13,15,26-27,31,40,42,44,51H,9,14,16-25,28-30H2,(H,46,52,53)/t40-,42+,44+/m1/s1. The van der Waals surface area contributed by atoms with E-state index in [2.05, 4.69) is 104 Å². The fourth-order valence-electron chi connectivity index (χ4n) is 9.95. The zero-order chi connectivity index (χ0) is 35.9. The number of phenols is 1. The number of piperazine rings is 1. The third kappa shape index (κ3) is 7.07. The molecule has 4 aliphatic heterocycles. The highest BCUT2D eigenvalue weighted by molar-refractivity contribution is 6.00. The summed E-state index contributed by atoms with van der Waals surface area (Å²) in [6.07, 6.45) is 5.56. The van der Waals surface area contributed by atoms with Crippen LogP contribution in [0, 0.1) is 5.92 Å². The number of imide groups is 1. The minimum Gasteiger partial charge on any atom is -0.508 e. The van der Waals surface area contributed by atoms with E-state index in [0.717, 1.165) is 71.1 Å². The molecule has 0 aromatic heterocycles. The van der Waals surface area contributed by atoms with Crippen molar-refractivity contribution in [1.82, 2.24) is 15.1 Å². The molecule has 8 heteroatoms. The van der Waals surface area contributed by atoms with E-state index in [-0.39, 0.29) is 23.8 Å². The number of hydrogen-bond donors (Lipinski definition) is 2. The van der Waals surface area contributed by atoms with Crippen molar-refractivity contribution in [2.24, 2.45) is 5.92 Å². The molecule has 3 atom stereocenters. The first-order valence-electron chi connectivity index (χ1n) is 19.8. The van der Waals surface area contributed by atoms with Crippen LogP contribution in [-0.4, -0.2) is 78.6 Å². The van der Waals surface area contributed by atoms with Crippen molar-refractivity contribution in [3.8, 4) is 5.75 Å². The lowest BCUT2D eigenvalue weighted by molar-refractivity contribution is -0.137. The second-order valence-electron chi connectivity index (χ2n) is 16.1. The first-order chi connectivity index (χ1) is 25.9. The highest BCUT2D eigenvalue weighted by atomic mass is 16.3. The van der Waals surface area contributed by atoms with E-state index in [1.165, 1.54) is 64.1 Å². The summed E-state index contributed by atoms with van der Waals surface area (Å²) < 4.78 is 0. The van der Waals surface area contributed by atoms with Crippen molar-refractivity contribution < 1.29 is 14.7 Å². The molecule has 0 saturated carbocycles. The average molecular weight is 710 g/mol. The Balaban J connectivity index is 0.774. The molecular formula is C45H51N5O3. The molecule has 2 N–H and O–H groups in total. The maximum Gasteiger partial charge on any atom is 0.243 e. The van der Waals surface area contributed by atoms with Gasteiger partial charge < -0.3 is 14.9 Å². The summed E-state index contributed by atoms with van der Waals surface area (Å²) in [4.78, 5) is 34.1. The number of hydrogen-bond acceptors (Lipinski definition) is 7. The molecule has 5 aliphatic rings. The number of nitrogens with zero attached hydrogens (tertiary/aromatic N) is 4. The summed E-state index contributed by atoms with van der Waals surface area (Å²) in [6.45, 7) is 9.20. The summed E-state index contributed by atoms with van der Waals surface area (Å²) in [6, 6.07) is 33.0. The largest absolute Gasteiger partial charge is 0.508 e. The minimum atomic E-state index is -0.213. The Morgan fingerprint density at radius 2 is 1.38 bits per heavy atom. The molecule has 3 fully saturated rings. The number of anilines is 2. The van der Waals surface area contributed by atoms with E-state index in [9.17, 15) is 14.7 Å². The number of nitrogens with one attached hydrogen (secondary N) is 1. The van der Waals surface area contributed by atoms with E-state index >= 15 is 0 Å². The van der Waals surface area contributed by atoms with Crippen LogP contribution in [0.5, 0.6) is 5.75 Å². The van der Waals surface area contributed by atoms with Crippen molar-refractivity contribution in [1.29, 1.82) is 0 Å². The van der Waals surface area contributed by atoms with Gasteiger partial charge in [-0.2, -0.15) is 0 Å². The van der Waals surface area contributed by atoms with Gasteiger partial charge in [-0.3, -0.25) is 24.7 Å². The molecule has 2 amide bonds. The zero-order valence-electron chi connectivity index (χ0n) is 30.6. The van der Waals surface area contributed by atoms with Crippen molar-refractivity contribution >= 4 is 23.2 Å². The van der Waals surface area contributed by atoms with Crippen LogP contribution in [0.3, 0.4) is 0 Å². The SMILES string of the molecule is O=C1CC[C@H](N2Cc3ccc(N4CCN(CC5CCN(c6ccc([C@@H]7c8ccc(O)cc8CC[C@@H]7c7ccccc7)cc6)CC5)CC4)cc3C2)C(=O)N1. The Hall–Kier alpha value is -4.66. The lowest BCUT2D eigenvalue weighted by Gasteiger charge is -2.40. The first kappa shape index (κ1) is 34.1. The summed E-state index contributed by atoms with van der Waals surface area (Å²) in [7, 11) is 0. The molecule has 0 bridgehead atoms. The third-order valence-corrected chi connectivity index (χ3v) is 12.9. The Morgan fingerprint density at radius 1 is 0.642 bits per heavy atom. The molecular weight excluding hydrogens is 659 g/mol. The second kappa shape index (κ2) is 14.6. The molecule has 53 heavy (non-hydrogen) atoms. The smallest absolute Gasteiger partial charge is 0.243 e. The minimum absolute atomic E-state index is 0.146. The highest BCUT2D eigenvalue weighted by Crippen LogP contribution is 2.47. The number of benzene rings is 4. The molecule has 4 heterocycles. The van der Waals surface area contributed by atoms with Gasteiger partial charge in [0.2, 0.25) is 11.8 Å². The van der Waals surface area contributed by atoms with Gasteiger partial charge in [-0.05, 0) is 114 Å². The average Bonchev–Trinajstić information content (AvgIpc) is 3.62. The summed E-state index contributed by atoms with van der Waals surface area (Å²) >= 11 is 0. The number of amides is 2. The number of piperidine rings is 2. The summed E-state index contributed by atoms with van der Waals surface area (Å²) in [5.74, 6) is 1.49. The molecule has 8 nitrogen and oxygen atoms in total. The van der Waals surface area contributed by atoms with Crippen molar-refractivity contribution in [2.75, 3.05) is 55.6 Å². The molecule has 0 unspecified atom stereocenters. The molecule has 4 aromatic carbocycles. The Kier molecular flexibility index (Phi) is 9.43. The fourth-order valence-corrected chi connectivity index (χ4v) is 9.95. The Labute approximate surface area is 313 Å². The van der Waals surface area contributed by atoms with Crippen LogP contribution in [0.2, 0.25) is 0 Å². The van der Waals surface area contributed by atoms with Crippen LogP contribution in [0.4, 0.5) is 11.4 Å². The molecule has 0 spiro atoms. The van der Waals surface area contributed by atoms with Gasteiger partial charge in [0, 0.05) is 82.6 Å². The summed E-state index contributed by atoms with van der Waals surface area (Å²) in [5.41, 5.74) is 10.6. The van der Waals surface area contributed by atoms with Gasteiger partial charge in [0.1, 0.15) is 5.75 Å². The van der Waals surface area contributed by atoms with E-state index < -0.39 is 0 Å². The quantitative estimate of drug-likeness (QED) is 0.215. The molecule has 0 radical (unpaired) electrons. The lowest BCUT2D eigenvalue weighted by atomic mass is 9.69. The number of aromatic hydroxyl groups is 1. The van der Waals surface area contributed by atoms with Gasteiger partial charge >= 0.3 is 0 Å². The van der Waals surface area contributed by atoms with Crippen molar-refractivity contribution in [3.05, 3.63) is 124 Å². The predicted octanol–water partition coefficient (Wildman–Crippen LogP) is 6.41. The fraction of sp³-hybridized carbons (Fsp3) is 0.422. The molecule has 9 rings (SSSR count). The van der Waals surface area contributed by atoms with E-state index in [1.807, 2.05) is 12.1 Å². The Morgan fingerprint density at radius 3 is 2.15 bits per heavy atom. The van der Waals surface area contributed by atoms with Gasteiger partial charge in [0.05, 0.1) is 6.04 Å². The van der Waals surface area contributed by atoms with Crippen LogP contribution in [0.15, 0.2) is 91.0 Å². The van der Waals surface area contributed by atoms with Gasteiger partial charge in [-0.1, -0.05) is 54.6 Å². The zero-order valence-corrected chi connectivity index (χ0v) is 30.6. The molecule has 3 saturated heterocycles. The van der Waals surface area contributed by atoms with Crippen LogP contribution >= 0.6 is 0 Å². The van der Waals surface area contributed by atoms with E-state index in [4.69, 9.17) is 0 Å². The van der Waals surface area contributed by atoms with Gasteiger partial charge in [-0.25, -0.2) is 0 Å². The van der Waals surface area contributed by atoms with Gasteiger partial charge in [0.25, 0.3) is 0 Å². The predicted molar refractivity (Wildman–Crippen MR) is 209 cm³/mol. The Bertz CT molecular complexity index is 1950. The number of phenolic OH excluding ortho intramolecular Hbond substituents is 1. The first-order valence-corrected chi connectivity index (χ1v) is 19.8. The topological polar surface area (TPSA) is 79.4 Å². The van der Waals surface area contributed by atoms with Crippen LogP contribution in [0.25, 0.3) is 0 Å². The van der Waals surface area contributed by atoms with Crippen LogP contribution in [-0.2, 0) is 29.1 Å². The number of rotatable bonds is 7. The second-order valence-corrected chi connectivity index (χ2v) is 16.1. The summed E-state index contributed by atoms with van der Waals surface area (Å²) in [5, 5.41) is 12.7. The highest BCUT2D eigenvalue weighted by Gasteiger charge is 2.36. The third-order valence-electron chi connectivity index (χ3n) is 12.9. The van der Waals surface area contributed by atoms with E-state index in [1.54, 1.807) is 0 Å². The van der Waals surface area contributed by atoms with E-state index in [0.29, 0.717) is 24.5 Å². The van der Waals surface area contributed by atoms with Gasteiger partial charge in [0.15, 0.2) is 0 Å². The van der Waals surface area contributed by atoms with Crippen LogP contribution < -0.4 is 15.1 Å². The number of aryl methyl sites for hydroxylation is 1. The van der Waals surface area contributed by atoms with Crippen LogP contribution in [0.1, 0.15) is 77.3 Å².